The molecule has 3 rings (SSSR count). The number of hydrogen-bond donors (Lipinski definition) is 1. The van der Waals surface area contributed by atoms with Gasteiger partial charge in [-0.3, -0.25) is 0 Å². The van der Waals surface area contributed by atoms with Crippen molar-refractivity contribution in [3.8, 4) is 0 Å². The first-order valence-corrected chi connectivity index (χ1v) is 7.97. The summed E-state index contributed by atoms with van der Waals surface area (Å²) in [6.07, 6.45) is 0.857. The Morgan fingerprint density at radius 2 is 1.83 bits per heavy atom. The van der Waals surface area contributed by atoms with Crippen molar-refractivity contribution >= 4 is 5.69 Å². The van der Waals surface area contributed by atoms with E-state index < -0.39 is 11.6 Å². The van der Waals surface area contributed by atoms with Gasteiger partial charge >= 0.3 is 0 Å². The fourth-order valence-corrected chi connectivity index (χ4v) is 3.33. The number of rotatable bonds is 2. The van der Waals surface area contributed by atoms with Gasteiger partial charge in [0.15, 0.2) is 11.6 Å². The molecule has 0 aliphatic carbocycles. The van der Waals surface area contributed by atoms with Crippen LogP contribution in [0.3, 0.4) is 0 Å². The molecule has 0 aromatic heterocycles. The zero-order chi connectivity index (χ0) is 16.6. The molecule has 0 amide bonds. The van der Waals surface area contributed by atoms with Crippen molar-refractivity contribution < 1.29 is 8.78 Å². The second kappa shape index (κ2) is 6.28. The number of halogens is 2. The molecule has 2 N–H and O–H groups in total. The second-order valence-electron chi connectivity index (χ2n) is 6.51. The van der Waals surface area contributed by atoms with E-state index in [0.717, 1.165) is 12.5 Å². The molecule has 1 saturated heterocycles. The summed E-state index contributed by atoms with van der Waals surface area (Å²) >= 11 is 0. The minimum Gasteiger partial charge on any atom is -0.367 e. The largest absolute Gasteiger partial charge is 0.367 e. The SMILES string of the molecule is Cc1ccc(C2CC(N)CN(c3cccc(F)c3F)C2)cc1C. The summed E-state index contributed by atoms with van der Waals surface area (Å²) in [6.45, 7) is 5.37. The van der Waals surface area contributed by atoms with E-state index in [0.29, 0.717) is 18.8 Å². The van der Waals surface area contributed by atoms with Gasteiger partial charge in [0.05, 0.1) is 5.69 Å². The summed E-state index contributed by atoms with van der Waals surface area (Å²) in [6, 6.07) is 10.6. The van der Waals surface area contributed by atoms with E-state index in [4.69, 9.17) is 5.73 Å². The Labute approximate surface area is 135 Å². The monoisotopic (exact) mass is 316 g/mol. The number of anilines is 1. The minimum atomic E-state index is -0.815. The van der Waals surface area contributed by atoms with Gasteiger partial charge in [0, 0.05) is 25.0 Å². The Morgan fingerprint density at radius 3 is 2.57 bits per heavy atom. The van der Waals surface area contributed by atoms with Crippen LogP contribution in [-0.4, -0.2) is 19.1 Å². The first kappa shape index (κ1) is 15.9. The third-order valence-corrected chi connectivity index (χ3v) is 4.76. The van der Waals surface area contributed by atoms with Crippen LogP contribution in [0.2, 0.25) is 0 Å². The van der Waals surface area contributed by atoms with Crippen LogP contribution in [0.1, 0.15) is 29.0 Å². The van der Waals surface area contributed by atoms with Crippen LogP contribution in [0, 0.1) is 25.5 Å². The van der Waals surface area contributed by atoms with Crippen LogP contribution in [0.25, 0.3) is 0 Å². The molecule has 0 bridgehead atoms. The molecule has 1 heterocycles. The summed E-state index contributed by atoms with van der Waals surface area (Å²) in [5.41, 5.74) is 10.2. The average Bonchev–Trinajstić information content (AvgIpc) is 2.52. The van der Waals surface area contributed by atoms with E-state index >= 15 is 0 Å². The fourth-order valence-electron chi connectivity index (χ4n) is 3.33. The molecule has 1 aliphatic rings. The molecular weight excluding hydrogens is 294 g/mol. The Balaban J connectivity index is 1.90. The smallest absolute Gasteiger partial charge is 0.182 e. The van der Waals surface area contributed by atoms with Gasteiger partial charge in [-0.1, -0.05) is 24.3 Å². The molecule has 0 radical (unpaired) electrons. The lowest BCUT2D eigenvalue weighted by atomic mass is 9.86. The molecule has 2 atom stereocenters. The van der Waals surface area contributed by atoms with Crippen molar-refractivity contribution in [2.75, 3.05) is 18.0 Å². The molecular formula is C19H22F2N2. The van der Waals surface area contributed by atoms with Crippen molar-refractivity contribution in [1.82, 2.24) is 0 Å². The van der Waals surface area contributed by atoms with Crippen LogP contribution in [-0.2, 0) is 0 Å². The van der Waals surface area contributed by atoms with Crippen LogP contribution in [0.4, 0.5) is 14.5 Å². The Bertz CT molecular complexity index is 715. The molecule has 2 nitrogen and oxygen atoms in total. The molecule has 0 spiro atoms. The summed E-state index contributed by atoms with van der Waals surface area (Å²) < 4.78 is 27.6. The van der Waals surface area contributed by atoms with Gasteiger partial charge in [0.25, 0.3) is 0 Å². The van der Waals surface area contributed by atoms with Gasteiger partial charge in [0.2, 0.25) is 0 Å². The second-order valence-corrected chi connectivity index (χ2v) is 6.51. The van der Waals surface area contributed by atoms with E-state index in [9.17, 15) is 8.78 Å². The van der Waals surface area contributed by atoms with Gasteiger partial charge in [-0.15, -0.1) is 0 Å². The highest BCUT2D eigenvalue weighted by Crippen LogP contribution is 2.32. The Morgan fingerprint density at radius 1 is 1.04 bits per heavy atom. The van der Waals surface area contributed by atoms with Crippen molar-refractivity contribution in [3.63, 3.8) is 0 Å². The Kier molecular flexibility index (Phi) is 4.35. The molecule has 1 fully saturated rings. The lowest BCUT2D eigenvalue weighted by molar-refractivity contribution is 0.442. The van der Waals surface area contributed by atoms with Crippen LogP contribution < -0.4 is 10.6 Å². The average molecular weight is 316 g/mol. The topological polar surface area (TPSA) is 29.3 Å². The third kappa shape index (κ3) is 3.22. The predicted molar refractivity (Wildman–Crippen MR) is 89.8 cm³/mol. The number of aryl methyl sites for hydroxylation is 2. The van der Waals surface area contributed by atoms with Crippen molar-refractivity contribution in [3.05, 3.63) is 64.7 Å². The number of nitrogens with zero attached hydrogens (tertiary/aromatic N) is 1. The minimum absolute atomic E-state index is 0.0574. The first-order chi connectivity index (χ1) is 11.0. The highest BCUT2D eigenvalue weighted by atomic mass is 19.2. The van der Waals surface area contributed by atoms with E-state index in [-0.39, 0.29) is 12.0 Å². The van der Waals surface area contributed by atoms with Crippen LogP contribution >= 0.6 is 0 Å². The highest BCUT2D eigenvalue weighted by Gasteiger charge is 2.28. The molecule has 2 unspecified atom stereocenters. The van der Waals surface area contributed by atoms with E-state index in [2.05, 4.69) is 32.0 Å². The number of nitrogens with two attached hydrogens (primary N) is 1. The maximum Gasteiger partial charge on any atom is 0.182 e. The summed E-state index contributed by atoms with van der Waals surface area (Å²) in [7, 11) is 0. The maximum atomic E-state index is 14.1. The predicted octanol–water partition coefficient (Wildman–Crippen LogP) is 3.90. The Hall–Kier alpha value is -1.94. The van der Waals surface area contributed by atoms with Crippen molar-refractivity contribution in [2.24, 2.45) is 5.73 Å². The van der Waals surface area contributed by atoms with E-state index in [1.807, 2.05) is 4.90 Å². The standard InChI is InChI=1S/C19H22F2N2/c1-12-6-7-14(8-13(12)2)15-9-16(22)11-23(10-15)18-5-3-4-17(20)19(18)21/h3-8,15-16H,9-11,22H2,1-2H3. The fraction of sp³-hybridized carbons (Fsp3) is 0.368. The van der Waals surface area contributed by atoms with Gasteiger partial charge in [-0.25, -0.2) is 8.78 Å². The van der Waals surface area contributed by atoms with Gasteiger partial charge in [-0.2, -0.15) is 0 Å². The van der Waals surface area contributed by atoms with Gasteiger partial charge in [-0.05, 0) is 49.1 Å². The lowest BCUT2D eigenvalue weighted by Crippen LogP contribution is -2.46. The van der Waals surface area contributed by atoms with Gasteiger partial charge < -0.3 is 10.6 Å². The molecule has 122 valence electrons. The van der Waals surface area contributed by atoms with Crippen LogP contribution in [0.15, 0.2) is 36.4 Å². The number of benzene rings is 2. The maximum absolute atomic E-state index is 14.1. The quantitative estimate of drug-likeness (QED) is 0.910. The highest BCUT2D eigenvalue weighted by molar-refractivity contribution is 5.50. The first-order valence-electron chi connectivity index (χ1n) is 7.97. The molecule has 1 aliphatic heterocycles. The molecule has 23 heavy (non-hydrogen) atoms. The molecule has 0 saturated carbocycles. The summed E-state index contributed by atoms with van der Waals surface area (Å²) in [5.74, 6) is -1.38. The van der Waals surface area contributed by atoms with Crippen molar-refractivity contribution in [2.45, 2.75) is 32.2 Å². The summed E-state index contributed by atoms with van der Waals surface area (Å²) in [5, 5.41) is 0. The normalized spacial score (nSPS) is 21.5. The molecule has 2 aromatic rings. The van der Waals surface area contributed by atoms with E-state index in [1.54, 1.807) is 12.1 Å². The third-order valence-electron chi connectivity index (χ3n) is 4.76. The summed E-state index contributed by atoms with van der Waals surface area (Å²) in [4.78, 5) is 1.87. The van der Waals surface area contributed by atoms with Crippen molar-refractivity contribution in [1.29, 1.82) is 0 Å². The lowest BCUT2D eigenvalue weighted by Gasteiger charge is -2.38. The number of piperidine rings is 1. The zero-order valence-electron chi connectivity index (χ0n) is 13.5. The number of hydrogen-bond acceptors (Lipinski definition) is 2. The van der Waals surface area contributed by atoms with Gasteiger partial charge in [0.1, 0.15) is 0 Å². The van der Waals surface area contributed by atoms with E-state index in [1.165, 1.54) is 16.7 Å². The zero-order valence-corrected chi connectivity index (χ0v) is 13.5. The van der Waals surface area contributed by atoms with Crippen LogP contribution in [0.5, 0.6) is 0 Å². The molecule has 2 aromatic carbocycles. The molecule has 4 heteroatoms.